The van der Waals surface area contributed by atoms with Crippen LogP contribution in [0, 0.1) is 0 Å². The van der Waals surface area contributed by atoms with Crippen molar-refractivity contribution in [2.75, 3.05) is 7.11 Å². The number of aromatic nitrogens is 1. The second kappa shape index (κ2) is 10.3. The van der Waals surface area contributed by atoms with Crippen molar-refractivity contribution in [1.29, 1.82) is 0 Å². The number of nitrogens with one attached hydrogen (secondary N) is 3. The van der Waals surface area contributed by atoms with Crippen molar-refractivity contribution in [1.82, 2.24) is 15.0 Å². The molecule has 3 aromatic carbocycles. The van der Waals surface area contributed by atoms with Crippen LogP contribution in [0.15, 0.2) is 83.9 Å². The fourth-order valence-electron chi connectivity index (χ4n) is 3.73. The van der Waals surface area contributed by atoms with Crippen molar-refractivity contribution < 1.29 is 17.9 Å². The number of para-hydroxylation sites is 2. The summed E-state index contributed by atoms with van der Waals surface area (Å²) < 4.78 is 34.0. The molecule has 1 atom stereocenters. The smallest absolute Gasteiger partial charge is 0.241 e. The van der Waals surface area contributed by atoms with E-state index in [2.05, 4.69) is 15.0 Å². The van der Waals surface area contributed by atoms with Gasteiger partial charge >= 0.3 is 0 Å². The van der Waals surface area contributed by atoms with Crippen molar-refractivity contribution in [2.45, 2.75) is 23.9 Å². The Morgan fingerprint density at radius 2 is 1.71 bits per heavy atom. The molecule has 1 unspecified atom stereocenters. The molecule has 9 heteroatoms. The molecule has 7 nitrogen and oxygen atoms in total. The van der Waals surface area contributed by atoms with Gasteiger partial charge in [-0.25, -0.2) is 8.42 Å². The lowest BCUT2D eigenvalue weighted by Crippen LogP contribution is -2.47. The predicted octanol–water partition coefficient (Wildman–Crippen LogP) is 4.04. The number of amides is 1. The average Bonchev–Trinajstić information content (AvgIpc) is 3.25. The molecule has 0 bridgehead atoms. The number of carbonyl (C=O) groups is 1. The van der Waals surface area contributed by atoms with E-state index in [0.29, 0.717) is 10.8 Å². The van der Waals surface area contributed by atoms with Crippen molar-refractivity contribution in [2.24, 2.45) is 0 Å². The first-order valence-corrected chi connectivity index (χ1v) is 12.5. The zero-order valence-electron chi connectivity index (χ0n) is 18.4. The minimum absolute atomic E-state index is 0.0263. The standard InChI is InChI=1S/C25H24ClN3O4S/c1-33-24-9-5-2-6-17(24)15-28-25(30)23(14-18-16-27-22-8-4-3-7-21(18)22)29-34(31,32)20-12-10-19(26)11-13-20/h2-13,16,23,27,29H,14-15H2,1H3,(H,28,30). The number of fused-ring (bicyclic) bond motifs is 1. The second-order valence-electron chi connectivity index (χ2n) is 7.72. The van der Waals surface area contributed by atoms with E-state index in [1.165, 1.54) is 24.3 Å². The Balaban J connectivity index is 1.60. The number of ether oxygens (including phenoxy) is 1. The molecule has 176 valence electrons. The number of rotatable bonds is 9. The highest BCUT2D eigenvalue weighted by Gasteiger charge is 2.27. The highest BCUT2D eigenvalue weighted by atomic mass is 35.5. The number of halogens is 1. The number of benzene rings is 3. The SMILES string of the molecule is COc1ccccc1CNC(=O)C(Cc1c[nH]c2ccccc12)NS(=O)(=O)c1ccc(Cl)cc1. The first kappa shape index (κ1) is 23.8. The van der Waals surface area contributed by atoms with E-state index in [1.54, 1.807) is 19.4 Å². The number of carbonyl (C=O) groups excluding carboxylic acids is 1. The number of aromatic amines is 1. The van der Waals surface area contributed by atoms with Crippen LogP contribution in [-0.2, 0) is 27.8 Å². The van der Waals surface area contributed by atoms with E-state index >= 15 is 0 Å². The molecule has 4 rings (SSSR count). The van der Waals surface area contributed by atoms with Crippen LogP contribution in [0.4, 0.5) is 0 Å². The molecule has 34 heavy (non-hydrogen) atoms. The molecule has 0 radical (unpaired) electrons. The van der Waals surface area contributed by atoms with Gasteiger partial charge in [0, 0.05) is 34.2 Å². The molecule has 4 aromatic rings. The van der Waals surface area contributed by atoms with Gasteiger partial charge < -0.3 is 15.0 Å². The first-order valence-electron chi connectivity index (χ1n) is 10.6. The van der Waals surface area contributed by atoms with Gasteiger partial charge in [-0.05, 0) is 48.4 Å². The van der Waals surface area contributed by atoms with Gasteiger partial charge in [-0.3, -0.25) is 4.79 Å². The van der Waals surface area contributed by atoms with Gasteiger partial charge in [-0.1, -0.05) is 48.0 Å². The Morgan fingerprint density at radius 3 is 2.47 bits per heavy atom. The Morgan fingerprint density at radius 1 is 1.00 bits per heavy atom. The van der Waals surface area contributed by atoms with Crippen LogP contribution in [0.3, 0.4) is 0 Å². The maximum atomic E-state index is 13.2. The largest absolute Gasteiger partial charge is 0.496 e. The van der Waals surface area contributed by atoms with Gasteiger partial charge in [0.05, 0.1) is 12.0 Å². The first-order chi connectivity index (χ1) is 16.4. The summed E-state index contributed by atoms with van der Waals surface area (Å²) in [7, 11) is -2.42. The lowest BCUT2D eigenvalue weighted by atomic mass is 10.0. The molecule has 0 aliphatic carbocycles. The minimum atomic E-state index is -3.98. The monoisotopic (exact) mass is 497 g/mol. The van der Waals surface area contributed by atoms with Crippen LogP contribution in [0.25, 0.3) is 10.9 Å². The number of methoxy groups -OCH3 is 1. The summed E-state index contributed by atoms with van der Waals surface area (Å²) in [6.45, 7) is 0.190. The molecule has 0 saturated heterocycles. The van der Waals surface area contributed by atoms with E-state index in [9.17, 15) is 13.2 Å². The molecule has 3 N–H and O–H groups in total. The predicted molar refractivity (Wildman–Crippen MR) is 132 cm³/mol. The summed E-state index contributed by atoms with van der Waals surface area (Å²) in [6, 6.07) is 19.7. The molecule has 0 fully saturated rings. The number of hydrogen-bond donors (Lipinski definition) is 3. The Labute approximate surface area is 203 Å². The third-order valence-corrected chi connectivity index (χ3v) is 7.22. The van der Waals surface area contributed by atoms with Gasteiger partial charge in [0.15, 0.2) is 0 Å². The van der Waals surface area contributed by atoms with Gasteiger partial charge in [0.2, 0.25) is 15.9 Å². The van der Waals surface area contributed by atoms with Crippen molar-refractivity contribution >= 4 is 38.4 Å². The average molecular weight is 498 g/mol. The molecular formula is C25H24ClN3O4S. The van der Waals surface area contributed by atoms with E-state index in [4.69, 9.17) is 16.3 Å². The fourth-order valence-corrected chi connectivity index (χ4v) is 5.05. The third kappa shape index (κ3) is 5.41. The van der Waals surface area contributed by atoms with E-state index in [1.807, 2.05) is 42.5 Å². The summed E-state index contributed by atoms with van der Waals surface area (Å²) >= 11 is 5.90. The van der Waals surface area contributed by atoms with E-state index in [0.717, 1.165) is 22.0 Å². The molecule has 0 spiro atoms. The maximum absolute atomic E-state index is 13.2. The number of hydrogen-bond acceptors (Lipinski definition) is 4. The highest BCUT2D eigenvalue weighted by molar-refractivity contribution is 7.89. The summed E-state index contributed by atoms with van der Waals surface area (Å²) in [5.74, 6) is 0.187. The normalized spacial score (nSPS) is 12.4. The van der Waals surface area contributed by atoms with Crippen LogP contribution >= 0.6 is 11.6 Å². The Bertz CT molecular complexity index is 1400. The molecular weight excluding hydrogens is 474 g/mol. The summed E-state index contributed by atoms with van der Waals surface area (Å²) in [4.78, 5) is 16.4. The fraction of sp³-hybridized carbons (Fsp3) is 0.160. The van der Waals surface area contributed by atoms with E-state index < -0.39 is 22.0 Å². The van der Waals surface area contributed by atoms with Crippen LogP contribution < -0.4 is 14.8 Å². The Hall–Kier alpha value is -3.33. The van der Waals surface area contributed by atoms with E-state index in [-0.39, 0.29) is 17.9 Å². The van der Waals surface area contributed by atoms with Crippen LogP contribution in [0.5, 0.6) is 5.75 Å². The molecule has 1 aromatic heterocycles. The summed E-state index contributed by atoms with van der Waals surface area (Å²) in [5, 5.41) is 4.19. The quantitative estimate of drug-likeness (QED) is 0.325. The lowest BCUT2D eigenvalue weighted by Gasteiger charge is -2.19. The van der Waals surface area contributed by atoms with Crippen LogP contribution in [-0.4, -0.2) is 32.5 Å². The molecule has 0 saturated carbocycles. The maximum Gasteiger partial charge on any atom is 0.241 e. The zero-order valence-corrected chi connectivity index (χ0v) is 20.0. The molecule has 0 aliphatic rings. The minimum Gasteiger partial charge on any atom is -0.496 e. The zero-order chi connectivity index (χ0) is 24.1. The van der Waals surface area contributed by atoms with Crippen LogP contribution in [0.2, 0.25) is 5.02 Å². The number of sulfonamides is 1. The van der Waals surface area contributed by atoms with Gasteiger partial charge in [-0.2, -0.15) is 4.72 Å². The van der Waals surface area contributed by atoms with Crippen LogP contribution in [0.1, 0.15) is 11.1 Å². The third-order valence-electron chi connectivity index (χ3n) is 5.48. The van der Waals surface area contributed by atoms with Gasteiger partial charge in [-0.15, -0.1) is 0 Å². The molecule has 1 amide bonds. The second-order valence-corrected chi connectivity index (χ2v) is 9.87. The molecule has 0 aliphatic heterocycles. The highest BCUT2D eigenvalue weighted by Crippen LogP contribution is 2.21. The number of H-pyrrole nitrogens is 1. The van der Waals surface area contributed by atoms with Crippen molar-refractivity contribution in [3.63, 3.8) is 0 Å². The van der Waals surface area contributed by atoms with Gasteiger partial charge in [0.1, 0.15) is 11.8 Å². The van der Waals surface area contributed by atoms with Gasteiger partial charge in [0.25, 0.3) is 0 Å². The summed E-state index contributed by atoms with van der Waals surface area (Å²) in [6.07, 6.45) is 1.95. The lowest BCUT2D eigenvalue weighted by molar-refractivity contribution is -0.122. The van der Waals surface area contributed by atoms with Crippen molar-refractivity contribution in [3.8, 4) is 5.75 Å². The molecule has 1 heterocycles. The topological polar surface area (TPSA) is 100 Å². The van der Waals surface area contributed by atoms with Crippen molar-refractivity contribution in [3.05, 3.63) is 95.1 Å². The Kier molecular flexibility index (Phi) is 7.21. The summed E-state index contributed by atoms with van der Waals surface area (Å²) in [5.41, 5.74) is 2.52.